The van der Waals surface area contributed by atoms with Crippen molar-refractivity contribution in [2.45, 2.75) is 162 Å². The van der Waals surface area contributed by atoms with E-state index in [0.29, 0.717) is 12.8 Å². The molecule has 2 heterocycles. The highest BCUT2D eigenvalue weighted by atomic mass is 16.7. The number of fused-ring (bicyclic) bond motifs is 3. The molecule has 2 aliphatic heterocycles. The summed E-state index contributed by atoms with van der Waals surface area (Å²) in [5.74, 6) is -2.33. The Balaban J connectivity index is 1.58. The molecular weight excluding hydrogens is 658 g/mol. The standard InChI is InChI=1S/C39H61NO11/c1-14-28-48-26-16-27-39(18-46-27,50-23(7)41)31-22(6)38(36(11,12)45)17-25(20(4)29(38)21(5)32(49-28)37(26,31)13)47-33(43)30(42)24(15-19(2)3)40-34(44)51-35(8,9)10/h14,19,21-22,24-28,30-32,42,45H,1,15-18H2,2-13H3,(H,40,44)/t21-,22-,24-,25?,26?,27?,28?,30?,31-,32?,37+,38+,39-/m0/s1. The summed E-state index contributed by atoms with van der Waals surface area (Å²) in [4.78, 5) is 39.4. The Labute approximate surface area is 303 Å². The van der Waals surface area contributed by atoms with Crippen LogP contribution in [0.15, 0.2) is 23.8 Å². The number of nitrogens with one attached hydrogen (secondary N) is 1. The predicted molar refractivity (Wildman–Crippen MR) is 187 cm³/mol. The molecule has 6 unspecified atom stereocenters. The maximum atomic E-state index is 13.9. The van der Waals surface area contributed by atoms with Gasteiger partial charge in [-0.2, -0.15) is 0 Å². The minimum Gasteiger partial charge on any atom is -0.456 e. The van der Waals surface area contributed by atoms with Crippen LogP contribution in [0.5, 0.6) is 0 Å². The van der Waals surface area contributed by atoms with Crippen LogP contribution in [0.25, 0.3) is 0 Å². The highest BCUT2D eigenvalue weighted by Gasteiger charge is 2.78. The van der Waals surface area contributed by atoms with E-state index in [-0.39, 0.29) is 36.9 Å². The lowest BCUT2D eigenvalue weighted by molar-refractivity contribution is -0.387. The van der Waals surface area contributed by atoms with Crippen LogP contribution >= 0.6 is 0 Å². The third-order valence-corrected chi connectivity index (χ3v) is 12.6. The zero-order valence-electron chi connectivity index (χ0n) is 32.5. The number of alkyl carbamates (subject to hydrolysis) is 1. The summed E-state index contributed by atoms with van der Waals surface area (Å²) in [6, 6.07) is -0.959. The van der Waals surface area contributed by atoms with Gasteiger partial charge in [0.05, 0.1) is 30.5 Å². The van der Waals surface area contributed by atoms with Crippen molar-refractivity contribution < 1.29 is 53.0 Å². The smallest absolute Gasteiger partial charge is 0.407 e. The number of carbonyl (C=O) groups is 3. The topological polar surface area (TPSA) is 159 Å². The van der Waals surface area contributed by atoms with Crippen molar-refractivity contribution in [3.05, 3.63) is 23.8 Å². The number of amides is 1. The van der Waals surface area contributed by atoms with Gasteiger partial charge in [0.15, 0.2) is 18.0 Å². The van der Waals surface area contributed by atoms with E-state index in [4.69, 9.17) is 28.4 Å². The maximum absolute atomic E-state index is 13.9. The Morgan fingerprint density at radius 1 is 1.12 bits per heavy atom. The first-order valence-corrected chi connectivity index (χ1v) is 18.5. The van der Waals surface area contributed by atoms with Gasteiger partial charge in [-0.25, -0.2) is 9.59 Å². The van der Waals surface area contributed by atoms with E-state index < -0.39 is 88.3 Å². The van der Waals surface area contributed by atoms with Gasteiger partial charge in [0.25, 0.3) is 0 Å². The van der Waals surface area contributed by atoms with Gasteiger partial charge in [-0.3, -0.25) is 4.79 Å². The quantitative estimate of drug-likeness (QED) is 0.168. The van der Waals surface area contributed by atoms with Gasteiger partial charge in [-0.15, -0.1) is 0 Å². The van der Waals surface area contributed by atoms with Crippen molar-refractivity contribution in [3.63, 3.8) is 0 Å². The summed E-state index contributed by atoms with van der Waals surface area (Å²) < 4.78 is 37.3. The Bertz CT molecular complexity index is 1430. The van der Waals surface area contributed by atoms with E-state index in [9.17, 15) is 24.6 Å². The van der Waals surface area contributed by atoms with Crippen LogP contribution in [0, 0.1) is 34.5 Å². The van der Waals surface area contributed by atoms with Crippen molar-refractivity contribution in [3.8, 4) is 0 Å². The SMILES string of the molecule is C=CC1OC2CC3OC[C@@]3(OC(C)=O)[C@H]3[C@H](C)[C@]4(C(C)(C)O)CC(OC(=O)C(O)[C@H](CC(C)C)NC(=O)OC(C)(C)C)C(C)=C4[C@H](C)C(O1)[C@]23C. The molecule has 3 aliphatic carbocycles. The molecule has 288 valence electrons. The summed E-state index contributed by atoms with van der Waals surface area (Å²) in [5.41, 5.74) is -3.11. The molecule has 2 saturated carbocycles. The summed E-state index contributed by atoms with van der Waals surface area (Å²) in [5, 5.41) is 26.5. The molecule has 13 atom stereocenters. The number of carbonyl (C=O) groups excluding carboxylic acids is 3. The van der Waals surface area contributed by atoms with Gasteiger partial charge >= 0.3 is 18.0 Å². The van der Waals surface area contributed by atoms with Crippen LogP contribution in [-0.2, 0) is 38.0 Å². The molecule has 0 radical (unpaired) electrons. The van der Waals surface area contributed by atoms with Crippen LogP contribution in [0.1, 0.15) is 102 Å². The van der Waals surface area contributed by atoms with Crippen LogP contribution < -0.4 is 5.32 Å². The van der Waals surface area contributed by atoms with Gasteiger partial charge in [0, 0.05) is 42.4 Å². The van der Waals surface area contributed by atoms with Crippen LogP contribution in [0.2, 0.25) is 0 Å². The molecule has 4 fully saturated rings. The Morgan fingerprint density at radius 2 is 1.76 bits per heavy atom. The average Bonchev–Trinajstić information content (AvgIpc) is 3.25. The molecule has 0 aromatic rings. The van der Waals surface area contributed by atoms with Crippen LogP contribution in [-0.4, -0.2) is 94.5 Å². The first kappa shape index (κ1) is 39.7. The lowest BCUT2D eigenvalue weighted by Crippen LogP contribution is -2.78. The molecule has 5 aliphatic rings. The fourth-order valence-corrected chi connectivity index (χ4v) is 10.9. The molecule has 0 aromatic heterocycles. The first-order valence-electron chi connectivity index (χ1n) is 18.5. The number of hydrogen-bond donors (Lipinski definition) is 3. The van der Waals surface area contributed by atoms with E-state index >= 15 is 0 Å². The van der Waals surface area contributed by atoms with E-state index in [1.807, 2.05) is 20.8 Å². The van der Waals surface area contributed by atoms with Crippen molar-refractivity contribution in [1.29, 1.82) is 0 Å². The van der Waals surface area contributed by atoms with Crippen LogP contribution in [0.4, 0.5) is 4.79 Å². The monoisotopic (exact) mass is 719 g/mol. The normalized spacial score (nSPS) is 40.1. The van der Waals surface area contributed by atoms with Crippen molar-refractivity contribution >= 4 is 18.0 Å². The van der Waals surface area contributed by atoms with Crippen molar-refractivity contribution in [1.82, 2.24) is 5.32 Å². The zero-order valence-corrected chi connectivity index (χ0v) is 32.5. The second kappa shape index (κ2) is 13.4. The number of ether oxygens (including phenoxy) is 6. The molecule has 12 heteroatoms. The fourth-order valence-electron chi connectivity index (χ4n) is 10.9. The predicted octanol–water partition coefficient (Wildman–Crippen LogP) is 4.98. The average molecular weight is 720 g/mol. The molecular formula is C39H61NO11. The molecule has 12 nitrogen and oxygen atoms in total. The van der Waals surface area contributed by atoms with E-state index in [2.05, 4.69) is 32.7 Å². The summed E-state index contributed by atoms with van der Waals surface area (Å²) >= 11 is 0. The Morgan fingerprint density at radius 3 is 2.27 bits per heavy atom. The molecule has 1 amide bonds. The van der Waals surface area contributed by atoms with Gasteiger partial charge < -0.3 is 44.0 Å². The van der Waals surface area contributed by atoms with Gasteiger partial charge in [-0.05, 0) is 71.4 Å². The van der Waals surface area contributed by atoms with Crippen molar-refractivity contribution in [2.24, 2.45) is 34.5 Å². The van der Waals surface area contributed by atoms with Crippen LogP contribution in [0.3, 0.4) is 0 Å². The van der Waals surface area contributed by atoms with Gasteiger partial charge in [0.2, 0.25) is 0 Å². The lowest BCUT2D eigenvalue weighted by atomic mass is 9.47. The zero-order chi connectivity index (χ0) is 38.2. The second-order valence-electron chi connectivity index (χ2n) is 17.9. The third kappa shape index (κ3) is 6.44. The second-order valence-corrected chi connectivity index (χ2v) is 17.9. The number of aliphatic hydroxyl groups excluding tert-OH is 1. The fraction of sp³-hybridized carbons (Fsp3) is 0.821. The highest BCUT2D eigenvalue weighted by Crippen LogP contribution is 2.71. The molecule has 0 bridgehead atoms. The molecule has 51 heavy (non-hydrogen) atoms. The van der Waals surface area contributed by atoms with Gasteiger partial charge in [-0.1, -0.05) is 46.8 Å². The minimum absolute atomic E-state index is 0.0332. The summed E-state index contributed by atoms with van der Waals surface area (Å²) in [6.45, 7) is 26.4. The van der Waals surface area contributed by atoms with Gasteiger partial charge in [0.1, 0.15) is 17.8 Å². The minimum atomic E-state index is -1.68. The number of esters is 2. The number of hydrogen-bond acceptors (Lipinski definition) is 11. The third-order valence-electron chi connectivity index (χ3n) is 12.6. The number of aliphatic hydroxyl groups is 2. The molecule has 5 rings (SSSR count). The molecule has 0 spiro atoms. The van der Waals surface area contributed by atoms with Crippen molar-refractivity contribution in [2.75, 3.05) is 6.61 Å². The Hall–Kier alpha value is -2.51. The largest absolute Gasteiger partial charge is 0.456 e. The first-order chi connectivity index (χ1) is 23.4. The molecule has 0 aromatic carbocycles. The van der Waals surface area contributed by atoms with E-state index in [1.165, 1.54) is 6.92 Å². The van der Waals surface area contributed by atoms with E-state index in [0.717, 1.165) is 11.1 Å². The summed E-state index contributed by atoms with van der Waals surface area (Å²) in [6.07, 6.45) is -2.45. The lowest BCUT2D eigenvalue weighted by Gasteiger charge is -2.68. The highest BCUT2D eigenvalue weighted by molar-refractivity contribution is 5.77. The molecule has 2 saturated heterocycles. The Kier molecular flexibility index (Phi) is 10.4. The maximum Gasteiger partial charge on any atom is 0.407 e. The molecule has 3 N–H and O–H groups in total. The van der Waals surface area contributed by atoms with E-state index in [1.54, 1.807) is 40.7 Å². The number of rotatable bonds is 9. The summed E-state index contributed by atoms with van der Waals surface area (Å²) in [7, 11) is 0.